The summed E-state index contributed by atoms with van der Waals surface area (Å²) in [6, 6.07) is 14.0. The van der Waals surface area contributed by atoms with E-state index >= 15 is 0 Å². The van der Waals surface area contributed by atoms with Gasteiger partial charge in [0.1, 0.15) is 6.07 Å². The fraction of sp³-hybridized carbons (Fsp3) is 0.158. The Hall–Kier alpha value is -2.01. The van der Waals surface area contributed by atoms with Gasteiger partial charge in [0.05, 0.1) is 33.3 Å². The minimum Gasteiger partial charge on any atom is -0.492 e. The molecule has 3 rings (SSSR count). The van der Waals surface area contributed by atoms with Crippen molar-refractivity contribution in [3.05, 3.63) is 51.3 Å². The van der Waals surface area contributed by atoms with Crippen LogP contribution in [0.4, 0.5) is 0 Å². The number of para-hydroxylation sites is 1. The molecular weight excluding hydrogens is 432 g/mol. The Morgan fingerprint density at radius 3 is 2.88 bits per heavy atom. The van der Waals surface area contributed by atoms with Crippen molar-refractivity contribution in [3.63, 3.8) is 0 Å². The lowest BCUT2D eigenvalue weighted by atomic mass is 10.2. The third-order valence-corrected chi connectivity index (χ3v) is 6.03. The van der Waals surface area contributed by atoms with Crippen molar-refractivity contribution in [1.82, 2.24) is 4.98 Å². The van der Waals surface area contributed by atoms with E-state index in [1.807, 2.05) is 49.4 Å². The average Bonchev–Trinajstić information content (AvgIpc) is 3.03. The molecule has 0 aliphatic rings. The Labute approximate surface area is 168 Å². The molecule has 26 heavy (non-hydrogen) atoms. The zero-order valence-corrected chi connectivity index (χ0v) is 17.4. The highest BCUT2D eigenvalue weighted by atomic mass is 79.9. The van der Waals surface area contributed by atoms with Crippen LogP contribution < -0.4 is 9.47 Å². The number of rotatable bonds is 6. The third kappa shape index (κ3) is 4.21. The molecule has 132 valence electrons. The number of benzene rings is 2. The Morgan fingerprint density at radius 1 is 1.38 bits per heavy atom. The maximum Gasteiger partial charge on any atom is 0.174 e. The predicted molar refractivity (Wildman–Crippen MR) is 111 cm³/mol. The molecular formula is C19H15BrN2O2S2. The molecule has 0 amide bonds. The highest BCUT2D eigenvalue weighted by Gasteiger charge is 2.12. The van der Waals surface area contributed by atoms with Crippen LogP contribution in [0.25, 0.3) is 16.3 Å². The molecule has 0 saturated heterocycles. The van der Waals surface area contributed by atoms with E-state index in [1.54, 1.807) is 18.4 Å². The first-order chi connectivity index (χ1) is 12.6. The van der Waals surface area contributed by atoms with E-state index in [4.69, 9.17) is 9.47 Å². The van der Waals surface area contributed by atoms with Crippen LogP contribution in [-0.4, -0.2) is 18.7 Å². The zero-order valence-electron chi connectivity index (χ0n) is 14.2. The number of aromatic nitrogens is 1. The van der Waals surface area contributed by atoms with Crippen molar-refractivity contribution in [1.29, 1.82) is 5.26 Å². The largest absolute Gasteiger partial charge is 0.492 e. The van der Waals surface area contributed by atoms with E-state index in [0.29, 0.717) is 23.0 Å². The second-order valence-corrected chi connectivity index (χ2v) is 8.31. The van der Waals surface area contributed by atoms with E-state index < -0.39 is 0 Å². The van der Waals surface area contributed by atoms with Gasteiger partial charge in [0, 0.05) is 0 Å². The number of nitriles is 1. The lowest BCUT2D eigenvalue weighted by Crippen LogP contribution is -1.96. The summed E-state index contributed by atoms with van der Waals surface area (Å²) in [6.45, 7) is 2.45. The van der Waals surface area contributed by atoms with Gasteiger partial charge in [-0.05, 0) is 70.5 Å². The average molecular weight is 447 g/mol. The number of thioether (sulfide) groups is 1. The highest BCUT2D eigenvalue weighted by molar-refractivity contribution is 9.10. The lowest BCUT2D eigenvalue weighted by Gasteiger charge is -2.12. The van der Waals surface area contributed by atoms with Gasteiger partial charge in [-0.1, -0.05) is 12.1 Å². The summed E-state index contributed by atoms with van der Waals surface area (Å²) >= 11 is 6.44. The summed E-state index contributed by atoms with van der Waals surface area (Å²) in [6.07, 6.45) is 1.82. The number of nitrogens with zero attached hydrogens (tertiary/aromatic N) is 2. The summed E-state index contributed by atoms with van der Waals surface area (Å²) in [5.41, 5.74) is 1.80. The second-order valence-electron chi connectivity index (χ2n) is 5.14. The Balaban J connectivity index is 1.92. The lowest BCUT2D eigenvalue weighted by molar-refractivity contribution is 0.310. The van der Waals surface area contributed by atoms with Gasteiger partial charge < -0.3 is 9.47 Å². The van der Waals surface area contributed by atoms with Crippen LogP contribution in [0.3, 0.4) is 0 Å². The number of halogens is 1. The van der Waals surface area contributed by atoms with Crippen LogP contribution in [0, 0.1) is 11.3 Å². The summed E-state index contributed by atoms with van der Waals surface area (Å²) in [4.78, 5) is 5.13. The summed E-state index contributed by atoms with van der Waals surface area (Å²) in [7, 11) is 1.60. The van der Waals surface area contributed by atoms with Gasteiger partial charge in [0.2, 0.25) is 0 Å². The van der Waals surface area contributed by atoms with Crippen molar-refractivity contribution in [2.45, 2.75) is 11.3 Å². The maximum absolute atomic E-state index is 9.54. The predicted octanol–water partition coefficient (Wildman–Crippen LogP) is 6.12. The molecule has 1 aromatic heterocycles. The molecule has 0 fully saturated rings. The van der Waals surface area contributed by atoms with E-state index in [0.717, 1.165) is 24.6 Å². The fourth-order valence-electron chi connectivity index (χ4n) is 2.36. The van der Waals surface area contributed by atoms with Crippen LogP contribution in [0.15, 0.2) is 50.1 Å². The van der Waals surface area contributed by atoms with Crippen molar-refractivity contribution in [2.24, 2.45) is 0 Å². The molecule has 0 bridgehead atoms. The van der Waals surface area contributed by atoms with Gasteiger partial charge in [0.15, 0.2) is 15.8 Å². The van der Waals surface area contributed by atoms with Gasteiger partial charge in [-0.2, -0.15) is 5.26 Å². The van der Waals surface area contributed by atoms with Crippen molar-refractivity contribution < 1.29 is 9.47 Å². The molecule has 0 radical (unpaired) electrons. The Bertz CT molecular complexity index is 975. The van der Waals surface area contributed by atoms with Gasteiger partial charge in [-0.3, -0.25) is 0 Å². The summed E-state index contributed by atoms with van der Waals surface area (Å²) in [5.74, 6) is 1.28. The smallest absolute Gasteiger partial charge is 0.174 e. The maximum atomic E-state index is 9.54. The molecule has 1 heterocycles. The van der Waals surface area contributed by atoms with Gasteiger partial charge >= 0.3 is 0 Å². The van der Waals surface area contributed by atoms with Crippen LogP contribution >= 0.6 is 39.0 Å². The fourth-order valence-corrected chi connectivity index (χ4v) is 4.95. The molecule has 3 aromatic rings. The van der Waals surface area contributed by atoms with Crippen molar-refractivity contribution in [3.8, 4) is 17.6 Å². The molecule has 0 aliphatic heterocycles. The van der Waals surface area contributed by atoms with E-state index in [1.165, 1.54) is 11.8 Å². The van der Waals surface area contributed by atoms with Gasteiger partial charge in [0.25, 0.3) is 0 Å². The number of ether oxygens (including phenoxy) is 2. The number of hydrogen-bond donors (Lipinski definition) is 0. The van der Waals surface area contributed by atoms with Crippen LogP contribution in [-0.2, 0) is 0 Å². The number of methoxy groups -OCH3 is 1. The first kappa shape index (κ1) is 18.8. The highest BCUT2D eigenvalue weighted by Crippen LogP contribution is 2.39. The quantitative estimate of drug-likeness (QED) is 0.337. The van der Waals surface area contributed by atoms with Crippen LogP contribution in [0.1, 0.15) is 12.5 Å². The first-order valence-corrected chi connectivity index (χ1v) is 10.2. The molecule has 0 aliphatic carbocycles. The Kier molecular flexibility index (Phi) is 6.20. The van der Waals surface area contributed by atoms with Crippen molar-refractivity contribution >= 4 is 55.3 Å². The molecule has 0 unspecified atom stereocenters. The normalized spacial score (nSPS) is 11.4. The molecule has 2 aromatic carbocycles. The van der Waals surface area contributed by atoms with E-state index in [-0.39, 0.29) is 0 Å². The van der Waals surface area contributed by atoms with Gasteiger partial charge in [-0.15, -0.1) is 11.3 Å². The van der Waals surface area contributed by atoms with Gasteiger partial charge in [-0.25, -0.2) is 4.98 Å². The number of fused-ring (bicyclic) bond motifs is 1. The first-order valence-electron chi connectivity index (χ1n) is 7.80. The zero-order chi connectivity index (χ0) is 18.5. The summed E-state index contributed by atoms with van der Waals surface area (Å²) in [5, 5.41) is 9.54. The van der Waals surface area contributed by atoms with E-state index in [9.17, 15) is 5.26 Å². The molecule has 0 N–H and O–H groups in total. The number of hydrogen-bond acceptors (Lipinski definition) is 6. The molecule has 0 saturated carbocycles. The number of allylic oxidation sites excluding steroid dienone is 1. The third-order valence-electron chi connectivity index (χ3n) is 3.42. The minimum atomic E-state index is 0.529. The standard InChI is InChI=1S/C19H15BrN2O2S2/c1-3-24-16-10-12(9-14(20)18(16)23-2)8-13(11-21)25-19-22-15-6-4-5-7-17(15)26-19/h4-10H,3H2,1-2H3/b13-8+. The molecule has 0 atom stereocenters. The SMILES string of the molecule is CCOc1cc(/C=C(\C#N)Sc2nc3ccccc3s2)cc(Br)c1OC. The van der Waals surface area contributed by atoms with Crippen LogP contribution in [0.5, 0.6) is 11.5 Å². The topological polar surface area (TPSA) is 55.1 Å². The molecule has 0 spiro atoms. The van der Waals surface area contributed by atoms with E-state index in [2.05, 4.69) is 27.0 Å². The number of thiazole rings is 1. The monoisotopic (exact) mass is 446 g/mol. The second kappa shape index (κ2) is 8.58. The molecule has 7 heteroatoms. The minimum absolute atomic E-state index is 0.529. The molecule has 4 nitrogen and oxygen atoms in total. The van der Waals surface area contributed by atoms with Crippen LogP contribution in [0.2, 0.25) is 0 Å². The van der Waals surface area contributed by atoms with Crippen molar-refractivity contribution in [2.75, 3.05) is 13.7 Å². The Morgan fingerprint density at radius 2 is 2.19 bits per heavy atom. The summed E-state index contributed by atoms with van der Waals surface area (Å²) < 4.78 is 13.7.